The van der Waals surface area contributed by atoms with E-state index in [9.17, 15) is 4.79 Å². The van der Waals surface area contributed by atoms with E-state index in [1.807, 2.05) is 47.4 Å². The molecule has 6 nitrogen and oxygen atoms in total. The molecular formula is C21H24N2O4. The van der Waals surface area contributed by atoms with Gasteiger partial charge in [-0.2, -0.15) is 0 Å². The Morgan fingerprint density at radius 2 is 1.81 bits per heavy atom. The van der Waals surface area contributed by atoms with Crippen molar-refractivity contribution in [2.24, 2.45) is 5.16 Å². The Labute approximate surface area is 159 Å². The largest absolute Gasteiger partial charge is 0.493 e. The fourth-order valence-electron chi connectivity index (χ4n) is 3.41. The molecule has 0 spiro atoms. The number of benzene rings is 2. The minimum atomic E-state index is 0.0301. The van der Waals surface area contributed by atoms with E-state index in [0.717, 1.165) is 30.5 Å². The molecule has 1 amide bonds. The highest BCUT2D eigenvalue weighted by Gasteiger charge is 2.31. The number of nitrogens with zero attached hydrogens (tertiary/aromatic N) is 2. The average molecular weight is 368 g/mol. The van der Waals surface area contributed by atoms with Crippen LogP contribution in [0.1, 0.15) is 40.4 Å². The lowest BCUT2D eigenvalue weighted by Crippen LogP contribution is -2.30. The fraction of sp³-hybridized carbons (Fsp3) is 0.333. The first kappa shape index (κ1) is 18.8. The zero-order valence-corrected chi connectivity index (χ0v) is 15.8. The zero-order valence-electron chi connectivity index (χ0n) is 15.8. The van der Waals surface area contributed by atoms with Crippen LogP contribution in [0, 0.1) is 0 Å². The van der Waals surface area contributed by atoms with E-state index in [2.05, 4.69) is 9.99 Å². The number of methoxy groups -OCH3 is 2. The van der Waals surface area contributed by atoms with Crippen molar-refractivity contribution in [1.82, 2.24) is 4.90 Å². The van der Waals surface area contributed by atoms with Crippen LogP contribution < -0.4 is 9.47 Å². The Morgan fingerprint density at radius 3 is 2.48 bits per heavy atom. The predicted molar refractivity (Wildman–Crippen MR) is 104 cm³/mol. The molecule has 2 aromatic carbocycles. The van der Waals surface area contributed by atoms with E-state index in [1.54, 1.807) is 20.4 Å². The summed E-state index contributed by atoms with van der Waals surface area (Å²) in [5.41, 5.74) is 2.60. The van der Waals surface area contributed by atoms with Gasteiger partial charge in [-0.3, -0.25) is 4.79 Å². The summed E-state index contributed by atoms with van der Waals surface area (Å²) >= 11 is 0. The zero-order chi connectivity index (χ0) is 19.2. The third-order valence-corrected chi connectivity index (χ3v) is 4.77. The summed E-state index contributed by atoms with van der Waals surface area (Å²) in [7, 11) is 4.73. The monoisotopic (exact) mass is 368 g/mol. The number of ether oxygens (including phenoxy) is 2. The number of hydrogen-bond acceptors (Lipinski definition) is 5. The predicted octanol–water partition coefficient (Wildman–Crippen LogP) is 3.66. The van der Waals surface area contributed by atoms with Gasteiger partial charge in [-0.1, -0.05) is 23.4 Å². The fourth-order valence-corrected chi connectivity index (χ4v) is 3.41. The molecule has 1 atom stereocenters. The van der Waals surface area contributed by atoms with Crippen molar-refractivity contribution in [2.75, 3.05) is 27.9 Å². The molecule has 0 aromatic heterocycles. The molecule has 0 N–H and O–H groups in total. The van der Waals surface area contributed by atoms with Gasteiger partial charge in [0.05, 0.1) is 26.5 Å². The Balaban J connectivity index is 1.81. The van der Waals surface area contributed by atoms with Crippen LogP contribution in [0.4, 0.5) is 0 Å². The molecule has 0 saturated carbocycles. The van der Waals surface area contributed by atoms with Gasteiger partial charge >= 0.3 is 0 Å². The van der Waals surface area contributed by atoms with Crippen LogP contribution in [0.3, 0.4) is 0 Å². The second-order valence-corrected chi connectivity index (χ2v) is 6.31. The molecule has 2 aromatic rings. The highest BCUT2D eigenvalue weighted by atomic mass is 16.6. The Morgan fingerprint density at radius 1 is 1.07 bits per heavy atom. The molecule has 3 rings (SSSR count). The van der Waals surface area contributed by atoms with E-state index in [0.29, 0.717) is 17.1 Å². The highest BCUT2D eigenvalue weighted by molar-refractivity contribution is 5.95. The van der Waals surface area contributed by atoms with Gasteiger partial charge in [-0.15, -0.1) is 0 Å². The summed E-state index contributed by atoms with van der Waals surface area (Å²) in [6.45, 7) is 0.741. The third-order valence-electron chi connectivity index (χ3n) is 4.77. The lowest BCUT2D eigenvalue weighted by atomic mass is 10.0. The van der Waals surface area contributed by atoms with Gasteiger partial charge in [0.2, 0.25) is 0 Å². The summed E-state index contributed by atoms with van der Waals surface area (Å²) in [5, 5.41) is 3.73. The van der Waals surface area contributed by atoms with Gasteiger partial charge in [0.25, 0.3) is 5.91 Å². The van der Waals surface area contributed by atoms with Crippen molar-refractivity contribution in [3.63, 3.8) is 0 Å². The van der Waals surface area contributed by atoms with Crippen LogP contribution in [-0.4, -0.2) is 44.9 Å². The molecule has 1 heterocycles. The first-order valence-electron chi connectivity index (χ1n) is 8.87. The maximum Gasteiger partial charge on any atom is 0.254 e. The van der Waals surface area contributed by atoms with Crippen molar-refractivity contribution < 1.29 is 19.1 Å². The Bertz CT molecular complexity index is 817. The number of oxime groups is 1. The van der Waals surface area contributed by atoms with Gasteiger partial charge in [0, 0.05) is 12.1 Å². The second-order valence-electron chi connectivity index (χ2n) is 6.31. The van der Waals surface area contributed by atoms with E-state index in [-0.39, 0.29) is 11.9 Å². The smallest absolute Gasteiger partial charge is 0.254 e. The number of likely N-dealkylation sites (tertiary alicyclic amines) is 1. The van der Waals surface area contributed by atoms with Crippen LogP contribution in [0.5, 0.6) is 11.5 Å². The molecule has 1 saturated heterocycles. The Hall–Kier alpha value is -3.02. The number of carbonyl (C=O) groups excluding carboxylic acids is 1. The van der Waals surface area contributed by atoms with Crippen molar-refractivity contribution in [1.29, 1.82) is 0 Å². The molecule has 142 valence electrons. The maximum atomic E-state index is 13.0. The Kier molecular flexibility index (Phi) is 5.96. The van der Waals surface area contributed by atoms with Crippen LogP contribution >= 0.6 is 0 Å². The standard InChI is InChI=1S/C21H24N2O4/c1-25-19-11-10-17(13-20(19)26-2)18-5-4-12-23(18)21(24)16-8-6-15(7-9-16)14-22-27-3/h6-11,13-14,18H,4-5,12H2,1-3H3/b22-14+. The molecular weight excluding hydrogens is 344 g/mol. The van der Waals surface area contributed by atoms with Gasteiger partial charge in [0.15, 0.2) is 11.5 Å². The van der Waals surface area contributed by atoms with Crippen LogP contribution in [-0.2, 0) is 4.84 Å². The summed E-state index contributed by atoms with van der Waals surface area (Å²) in [6, 6.07) is 13.2. The normalized spacial score (nSPS) is 16.6. The molecule has 27 heavy (non-hydrogen) atoms. The minimum absolute atomic E-state index is 0.0301. The molecule has 1 aliphatic rings. The number of amides is 1. The molecule has 1 aliphatic heterocycles. The van der Waals surface area contributed by atoms with Crippen LogP contribution in [0.25, 0.3) is 0 Å². The molecule has 1 unspecified atom stereocenters. The van der Waals surface area contributed by atoms with Crippen molar-refractivity contribution in [3.8, 4) is 11.5 Å². The first-order chi connectivity index (χ1) is 13.2. The summed E-state index contributed by atoms with van der Waals surface area (Å²) in [5.74, 6) is 1.39. The van der Waals surface area contributed by atoms with Gasteiger partial charge in [0.1, 0.15) is 7.11 Å². The number of rotatable bonds is 6. The third kappa shape index (κ3) is 4.05. The molecule has 0 aliphatic carbocycles. The summed E-state index contributed by atoms with van der Waals surface area (Å²) in [6.07, 6.45) is 3.51. The van der Waals surface area contributed by atoms with E-state index in [1.165, 1.54) is 7.11 Å². The lowest BCUT2D eigenvalue weighted by Gasteiger charge is -2.26. The summed E-state index contributed by atoms with van der Waals surface area (Å²) in [4.78, 5) is 19.7. The topological polar surface area (TPSA) is 60.4 Å². The van der Waals surface area contributed by atoms with Crippen LogP contribution in [0.2, 0.25) is 0 Å². The average Bonchev–Trinajstić information content (AvgIpc) is 3.21. The molecule has 1 fully saturated rings. The van der Waals surface area contributed by atoms with Crippen molar-refractivity contribution >= 4 is 12.1 Å². The van der Waals surface area contributed by atoms with Crippen molar-refractivity contribution in [3.05, 3.63) is 59.2 Å². The summed E-state index contributed by atoms with van der Waals surface area (Å²) < 4.78 is 10.7. The maximum absolute atomic E-state index is 13.0. The van der Waals surface area contributed by atoms with Gasteiger partial charge in [-0.25, -0.2) is 0 Å². The molecule has 0 radical (unpaired) electrons. The first-order valence-corrected chi connectivity index (χ1v) is 8.87. The molecule has 0 bridgehead atoms. The highest BCUT2D eigenvalue weighted by Crippen LogP contribution is 2.37. The quantitative estimate of drug-likeness (QED) is 0.577. The lowest BCUT2D eigenvalue weighted by molar-refractivity contribution is 0.0735. The van der Waals surface area contributed by atoms with Crippen LogP contribution in [0.15, 0.2) is 47.6 Å². The number of carbonyl (C=O) groups is 1. The van der Waals surface area contributed by atoms with E-state index >= 15 is 0 Å². The molecule has 6 heteroatoms. The minimum Gasteiger partial charge on any atom is -0.493 e. The SMILES string of the molecule is CO/N=C/c1ccc(C(=O)N2CCCC2c2ccc(OC)c(OC)c2)cc1. The van der Waals surface area contributed by atoms with Crippen molar-refractivity contribution in [2.45, 2.75) is 18.9 Å². The number of hydrogen-bond donors (Lipinski definition) is 0. The van der Waals surface area contributed by atoms with E-state index in [4.69, 9.17) is 9.47 Å². The van der Waals surface area contributed by atoms with E-state index < -0.39 is 0 Å². The van der Waals surface area contributed by atoms with Gasteiger partial charge in [-0.05, 0) is 48.2 Å². The second kappa shape index (κ2) is 8.58. The van der Waals surface area contributed by atoms with Gasteiger partial charge < -0.3 is 19.2 Å².